The van der Waals surface area contributed by atoms with Crippen LogP contribution in [0.2, 0.25) is 0 Å². The number of Topliss-reactive ketones (excluding diaryl/α,β-unsaturated/α-hetero) is 1. The van der Waals surface area contributed by atoms with E-state index >= 15 is 0 Å². The largest absolute Gasteiger partial charge is 0.294 e. The van der Waals surface area contributed by atoms with E-state index < -0.39 is 0 Å². The van der Waals surface area contributed by atoms with Crippen molar-refractivity contribution in [1.82, 2.24) is 9.61 Å². The maximum atomic E-state index is 11.2. The fourth-order valence-electron chi connectivity index (χ4n) is 1.32. The standard InChI is InChI=1S/C10H7N3O/c1-7(14)9-5-12-13-6-8(4-11)2-3-10(9)13/h2-3,5-6H,1H3. The first-order chi connectivity index (χ1) is 6.72. The number of ketones is 1. The van der Waals surface area contributed by atoms with E-state index in [2.05, 4.69) is 5.10 Å². The quantitative estimate of drug-likeness (QED) is 0.631. The van der Waals surface area contributed by atoms with Crippen LogP contribution in [0.4, 0.5) is 0 Å². The summed E-state index contributed by atoms with van der Waals surface area (Å²) in [5.74, 6) is -0.0234. The molecule has 4 nitrogen and oxygen atoms in total. The van der Waals surface area contributed by atoms with Crippen LogP contribution in [-0.2, 0) is 0 Å². The number of aromatic nitrogens is 2. The van der Waals surface area contributed by atoms with Gasteiger partial charge >= 0.3 is 0 Å². The number of pyridine rings is 1. The third-order valence-electron chi connectivity index (χ3n) is 2.02. The van der Waals surface area contributed by atoms with E-state index in [4.69, 9.17) is 5.26 Å². The number of fused-ring (bicyclic) bond motifs is 1. The first-order valence-corrected chi connectivity index (χ1v) is 4.11. The predicted octanol–water partition coefficient (Wildman–Crippen LogP) is 1.41. The van der Waals surface area contributed by atoms with E-state index in [9.17, 15) is 4.79 Å². The normalized spacial score (nSPS) is 10.0. The molecule has 2 rings (SSSR count). The molecular formula is C10H7N3O. The highest BCUT2D eigenvalue weighted by Crippen LogP contribution is 2.11. The molecular weight excluding hydrogens is 178 g/mol. The summed E-state index contributed by atoms with van der Waals surface area (Å²) in [5, 5.41) is 12.6. The van der Waals surface area contributed by atoms with Gasteiger partial charge in [0.15, 0.2) is 5.78 Å². The zero-order chi connectivity index (χ0) is 10.1. The van der Waals surface area contributed by atoms with Crippen molar-refractivity contribution >= 4 is 11.3 Å². The van der Waals surface area contributed by atoms with Gasteiger partial charge in [-0.1, -0.05) is 0 Å². The number of carbonyl (C=O) groups excluding carboxylic acids is 1. The predicted molar refractivity (Wildman–Crippen MR) is 49.9 cm³/mol. The Morgan fingerprint density at radius 2 is 2.36 bits per heavy atom. The molecule has 0 aliphatic carbocycles. The van der Waals surface area contributed by atoms with E-state index in [0.29, 0.717) is 11.1 Å². The van der Waals surface area contributed by atoms with Gasteiger partial charge in [-0.25, -0.2) is 4.52 Å². The van der Waals surface area contributed by atoms with Crippen molar-refractivity contribution in [3.63, 3.8) is 0 Å². The minimum atomic E-state index is -0.0234. The van der Waals surface area contributed by atoms with E-state index in [1.165, 1.54) is 17.6 Å². The molecule has 0 aliphatic heterocycles. The Hall–Kier alpha value is -2.15. The molecule has 14 heavy (non-hydrogen) atoms. The number of nitrogens with zero attached hydrogens (tertiary/aromatic N) is 3. The second-order valence-corrected chi connectivity index (χ2v) is 2.97. The van der Waals surface area contributed by atoms with Gasteiger partial charge in [0.25, 0.3) is 0 Å². The molecule has 2 aromatic heterocycles. The summed E-state index contributed by atoms with van der Waals surface area (Å²) in [4.78, 5) is 11.2. The van der Waals surface area contributed by atoms with Gasteiger partial charge in [0.1, 0.15) is 6.07 Å². The van der Waals surface area contributed by atoms with Gasteiger partial charge in [0.2, 0.25) is 0 Å². The fourth-order valence-corrected chi connectivity index (χ4v) is 1.32. The van der Waals surface area contributed by atoms with Gasteiger partial charge in [-0.15, -0.1) is 0 Å². The summed E-state index contributed by atoms with van der Waals surface area (Å²) in [6, 6.07) is 5.41. The summed E-state index contributed by atoms with van der Waals surface area (Å²) in [7, 11) is 0. The summed E-state index contributed by atoms with van der Waals surface area (Å²) >= 11 is 0. The van der Waals surface area contributed by atoms with Gasteiger partial charge in [-0.05, 0) is 19.1 Å². The Labute approximate surface area is 80.4 Å². The second kappa shape index (κ2) is 2.96. The SMILES string of the molecule is CC(=O)c1cnn2cc(C#N)ccc12. The van der Waals surface area contributed by atoms with Crippen LogP contribution in [-0.4, -0.2) is 15.4 Å². The van der Waals surface area contributed by atoms with E-state index in [-0.39, 0.29) is 5.78 Å². The Kier molecular flexibility index (Phi) is 1.79. The first-order valence-electron chi connectivity index (χ1n) is 4.11. The average Bonchev–Trinajstić information content (AvgIpc) is 2.59. The minimum absolute atomic E-state index is 0.0234. The van der Waals surface area contributed by atoms with Crippen LogP contribution in [0, 0.1) is 11.3 Å². The lowest BCUT2D eigenvalue weighted by molar-refractivity contribution is 0.101. The van der Waals surface area contributed by atoms with Crippen molar-refractivity contribution < 1.29 is 4.79 Å². The molecule has 0 atom stereocenters. The van der Waals surface area contributed by atoms with Crippen LogP contribution < -0.4 is 0 Å². The fraction of sp³-hybridized carbons (Fsp3) is 0.100. The van der Waals surface area contributed by atoms with Crippen molar-refractivity contribution in [2.75, 3.05) is 0 Å². The maximum Gasteiger partial charge on any atom is 0.163 e. The Bertz CT molecular complexity index is 548. The Morgan fingerprint density at radius 1 is 1.57 bits per heavy atom. The molecule has 0 N–H and O–H groups in total. The third-order valence-corrected chi connectivity index (χ3v) is 2.02. The molecule has 0 fully saturated rings. The highest BCUT2D eigenvalue weighted by atomic mass is 16.1. The molecule has 0 saturated carbocycles. The van der Waals surface area contributed by atoms with Gasteiger partial charge in [-0.3, -0.25) is 4.79 Å². The molecule has 0 bridgehead atoms. The number of hydrogen-bond donors (Lipinski definition) is 0. The van der Waals surface area contributed by atoms with Gasteiger partial charge in [0.05, 0.1) is 22.8 Å². The molecule has 0 aliphatic rings. The molecule has 0 radical (unpaired) electrons. The molecule has 4 heteroatoms. The van der Waals surface area contributed by atoms with Crippen LogP contribution in [0.1, 0.15) is 22.8 Å². The number of carbonyl (C=O) groups is 1. The highest BCUT2D eigenvalue weighted by molar-refractivity contribution is 6.00. The Balaban J connectivity index is 2.73. The van der Waals surface area contributed by atoms with Crippen LogP contribution in [0.5, 0.6) is 0 Å². The summed E-state index contributed by atoms with van der Waals surface area (Å²) in [6.45, 7) is 1.50. The van der Waals surface area contributed by atoms with Gasteiger partial charge in [0, 0.05) is 6.20 Å². The van der Waals surface area contributed by atoms with Crippen molar-refractivity contribution in [1.29, 1.82) is 5.26 Å². The molecule has 0 saturated heterocycles. The van der Waals surface area contributed by atoms with E-state index in [1.54, 1.807) is 18.3 Å². The Morgan fingerprint density at radius 3 is 3.00 bits per heavy atom. The van der Waals surface area contributed by atoms with Crippen molar-refractivity contribution in [2.24, 2.45) is 0 Å². The summed E-state index contributed by atoms with van der Waals surface area (Å²) in [6.07, 6.45) is 3.11. The molecule has 68 valence electrons. The van der Waals surface area contributed by atoms with E-state index in [0.717, 1.165) is 5.52 Å². The molecule has 2 heterocycles. The topological polar surface area (TPSA) is 58.2 Å². The van der Waals surface area contributed by atoms with Crippen molar-refractivity contribution in [3.05, 3.63) is 35.7 Å². The van der Waals surface area contributed by atoms with Crippen LogP contribution in [0.15, 0.2) is 24.5 Å². The zero-order valence-corrected chi connectivity index (χ0v) is 7.56. The zero-order valence-electron chi connectivity index (χ0n) is 7.56. The lowest BCUT2D eigenvalue weighted by atomic mass is 10.2. The monoisotopic (exact) mass is 185 g/mol. The van der Waals surface area contributed by atoms with Crippen LogP contribution >= 0.6 is 0 Å². The first kappa shape index (κ1) is 8.45. The lowest BCUT2D eigenvalue weighted by Gasteiger charge is -1.94. The minimum Gasteiger partial charge on any atom is -0.294 e. The third kappa shape index (κ3) is 1.15. The van der Waals surface area contributed by atoms with Crippen LogP contribution in [0.25, 0.3) is 5.52 Å². The number of nitriles is 1. The number of hydrogen-bond acceptors (Lipinski definition) is 3. The lowest BCUT2D eigenvalue weighted by Crippen LogP contribution is -1.92. The van der Waals surface area contributed by atoms with Crippen LogP contribution in [0.3, 0.4) is 0 Å². The second-order valence-electron chi connectivity index (χ2n) is 2.97. The van der Waals surface area contributed by atoms with Gasteiger partial charge in [-0.2, -0.15) is 10.4 Å². The average molecular weight is 185 g/mol. The molecule has 0 unspecified atom stereocenters. The number of rotatable bonds is 1. The van der Waals surface area contributed by atoms with E-state index in [1.807, 2.05) is 6.07 Å². The molecule has 0 amide bonds. The highest BCUT2D eigenvalue weighted by Gasteiger charge is 2.07. The van der Waals surface area contributed by atoms with Crippen molar-refractivity contribution in [3.8, 4) is 6.07 Å². The summed E-state index contributed by atoms with van der Waals surface area (Å²) in [5.41, 5.74) is 1.83. The molecule has 0 aromatic carbocycles. The smallest absolute Gasteiger partial charge is 0.163 e. The maximum absolute atomic E-state index is 11.2. The van der Waals surface area contributed by atoms with Crippen molar-refractivity contribution in [2.45, 2.75) is 6.92 Å². The van der Waals surface area contributed by atoms with Gasteiger partial charge < -0.3 is 0 Å². The molecule has 0 spiro atoms. The summed E-state index contributed by atoms with van der Waals surface area (Å²) < 4.78 is 1.54. The molecule has 2 aromatic rings.